The lowest BCUT2D eigenvalue weighted by molar-refractivity contribution is -0.405. The fraction of sp³-hybridized carbons (Fsp3) is 0.926. The molecule has 2 bridgehead atoms. The first-order valence-electron chi connectivity index (χ1n) is 14.5. The molecule has 0 aliphatic carbocycles. The van der Waals surface area contributed by atoms with Gasteiger partial charge in [0, 0.05) is 6.42 Å². The average Bonchev–Trinajstić information content (AvgIpc) is 2.81. The second-order valence-corrected chi connectivity index (χ2v) is 12.0. The quantitative estimate of drug-likeness (QED) is 0.0546. The number of aliphatic hydroxyl groups is 2. The van der Waals surface area contributed by atoms with Crippen molar-refractivity contribution in [1.82, 2.24) is 0 Å². The van der Waals surface area contributed by atoms with Crippen LogP contribution >= 0.6 is 7.82 Å². The van der Waals surface area contributed by atoms with Crippen LogP contribution in [0.4, 0.5) is 0 Å². The Hall–Kier alpha value is -0.630. The molecule has 3 heterocycles. The summed E-state index contributed by atoms with van der Waals surface area (Å²) in [6.07, 6.45) is 26.2. The Labute approximate surface area is 217 Å². The molecule has 0 aromatic rings. The van der Waals surface area contributed by atoms with E-state index in [2.05, 4.69) is 20.5 Å². The molecule has 0 aromatic heterocycles. The lowest BCUT2D eigenvalue weighted by atomic mass is 9.99. The van der Waals surface area contributed by atoms with Crippen LogP contribution in [0.5, 0.6) is 0 Å². The van der Waals surface area contributed by atoms with Gasteiger partial charge in [-0.25, -0.2) is 18.1 Å². The van der Waals surface area contributed by atoms with Gasteiger partial charge in [-0.1, -0.05) is 135 Å². The van der Waals surface area contributed by atoms with E-state index in [1.807, 2.05) is 0 Å². The van der Waals surface area contributed by atoms with Gasteiger partial charge in [0.15, 0.2) is 5.78 Å². The van der Waals surface area contributed by atoms with Crippen molar-refractivity contribution in [3.05, 3.63) is 0 Å². The van der Waals surface area contributed by atoms with Crippen molar-refractivity contribution in [3.8, 4) is 0 Å². The third kappa shape index (κ3) is 10.3. The molecular formula is C27H49O8P. The van der Waals surface area contributed by atoms with E-state index in [0.717, 1.165) is 19.3 Å². The van der Waals surface area contributed by atoms with Gasteiger partial charge >= 0.3 is 13.8 Å². The summed E-state index contributed by atoms with van der Waals surface area (Å²) in [5, 5.41) is 19.7. The minimum absolute atomic E-state index is 0.147. The van der Waals surface area contributed by atoms with Gasteiger partial charge in [-0.3, -0.25) is 9.59 Å². The van der Waals surface area contributed by atoms with E-state index in [1.54, 1.807) is 0 Å². The van der Waals surface area contributed by atoms with Crippen LogP contribution in [0.3, 0.4) is 0 Å². The van der Waals surface area contributed by atoms with Crippen LogP contribution in [0.15, 0.2) is 0 Å². The summed E-state index contributed by atoms with van der Waals surface area (Å²) < 4.78 is 24.8. The molecule has 0 radical (unpaired) electrons. The van der Waals surface area contributed by atoms with Crippen molar-refractivity contribution in [2.24, 2.45) is 0 Å². The Kier molecular flexibility index (Phi) is 14.4. The van der Waals surface area contributed by atoms with Crippen LogP contribution in [-0.4, -0.2) is 33.5 Å². The van der Waals surface area contributed by atoms with E-state index in [0.29, 0.717) is 6.42 Å². The van der Waals surface area contributed by atoms with Crippen molar-refractivity contribution in [3.63, 3.8) is 0 Å². The highest BCUT2D eigenvalue weighted by Gasteiger charge is 2.82. The third-order valence-corrected chi connectivity index (χ3v) is 8.58. The molecule has 0 spiro atoms. The van der Waals surface area contributed by atoms with Crippen LogP contribution < -0.4 is 0 Å². The molecule has 8 nitrogen and oxygen atoms in total. The number of ketones is 2. The largest absolute Gasteiger partial charge is 0.489 e. The van der Waals surface area contributed by atoms with E-state index in [1.165, 1.54) is 109 Å². The molecule has 210 valence electrons. The molecule has 3 fully saturated rings. The van der Waals surface area contributed by atoms with Gasteiger partial charge in [0.2, 0.25) is 0 Å². The molecule has 0 amide bonds. The fourth-order valence-corrected chi connectivity index (χ4v) is 5.99. The zero-order chi connectivity index (χ0) is 26.3. The van der Waals surface area contributed by atoms with Crippen molar-refractivity contribution in [1.29, 1.82) is 0 Å². The number of carbonyl (C=O) groups is 2. The van der Waals surface area contributed by atoms with E-state index in [-0.39, 0.29) is 6.42 Å². The highest BCUT2D eigenvalue weighted by atomic mass is 31.2. The highest BCUT2D eigenvalue weighted by Crippen LogP contribution is 2.80. The number of unbranched alkanes of at least 4 members (excludes halogenated alkanes) is 20. The SMILES string of the molecule is CCCCCCCCCCCCCCCCCCCCCCCC(=O)C(O)(O)C(=O)C12OP(=O)(O1)O2. The van der Waals surface area contributed by atoms with Crippen LogP contribution in [0.25, 0.3) is 0 Å². The Morgan fingerprint density at radius 3 is 1.22 bits per heavy atom. The summed E-state index contributed by atoms with van der Waals surface area (Å²) in [4.78, 5) is 24.0. The van der Waals surface area contributed by atoms with Gasteiger partial charge in [-0.2, -0.15) is 0 Å². The van der Waals surface area contributed by atoms with Gasteiger partial charge in [-0.15, -0.1) is 0 Å². The lowest BCUT2D eigenvalue weighted by Crippen LogP contribution is -2.69. The number of hydrogen-bond acceptors (Lipinski definition) is 8. The van der Waals surface area contributed by atoms with E-state index < -0.39 is 31.1 Å². The molecule has 3 rings (SSSR count). The number of phosphoric acid groups is 1. The fourth-order valence-electron chi connectivity index (χ4n) is 4.82. The Morgan fingerprint density at radius 1 is 0.611 bits per heavy atom. The first-order valence-corrected chi connectivity index (χ1v) is 16.0. The van der Waals surface area contributed by atoms with E-state index in [9.17, 15) is 24.4 Å². The Balaban J connectivity index is 1.30. The standard InChI is InChI=1S/C27H49O8P/c1-2-3-4-5-6-7-8-9-10-11-12-13-14-15-16-17-18-19-20-21-22-23-24(28)26(30,31)25(29)27-33-36(32,34-27)35-27/h30-31H,2-23H2,1H3. The topological polar surface area (TPSA) is 119 Å². The number of Topliss-reactive ketones (excluding diaryl/α,β-unsaturated/α-hetero) is 2. The number of rotatable bonds is 25. The van der Waals surface area contributed by atoms with Crippen molar-refractivity contribution in [2.45, 2.75) is 160 Å². The number of carbonyl (C=O) groups excluding carboxylic acids is 2. The molecule has 9 heteroatoms. The molecule has 0 saturated carbocycles. The lowest BCUT2D eigenvalue weighted by Gasteiger charge is -2.54. The summed E-state index contributed by atoms with van der Waals surface area (Å²) in [5.41, 5.74) is 0. The maximum atomic E-state index is 12.0. The Morgan fingerprint density at radius 2 is 0.917 bits per heavy atom. The normalized spacial score (nSPS) is 22.8. The van der Waals surface area contributed by atoms with Crippen molar-refractivity contribution in [2.75, 3.05) is 0 Å². The zero-order valence-corrected chi connectivity index (χ0v) is 23.2. The van der Waals surface area contributed by atoms with Gasteiger partial charge in [0.25, 0.3) is 11.6 Å². The summed E-state index contributed by atoms with van der Waals surface area (Å²) in [6.45, 7) is 2.27. The summed E-state index contributed by atoms with van der Waals surface area (Å²) in [6, 6.07) is 0. The maximum absolute atomic E-state index is 12.0. The molecule has 0 aromatic carbocycles. The monoisotopic (exact) mass is 532 g/mol. The third-order valence-electron chi connectivity index (χ3n) is 7.19. The molecule has 3 saturated heterocycles. The van der Waals surface area contributed by atoms with Gasteiger partial charge in [-0.05, 0) is 6.42 Å². The summed E-state index contributed by atoms with van der Waals surface area (Å²) in [5.74, 6) is -8.17. The summed E-state index contributed by atoms with van der Waals surface area (Å²) in [7, 11) is -3.66. The minimum atomic E-state index is -3.66. The average molecular weight is 533 g/mol. The predicted molar refractivity (Wildman–Crippen MR) is 138 cm³/mol. The van der Waals surface area contributed by atoms with Crippen molar-refractivity contribution < 1.29 is 37.9 Å². The molecule has 0 unspecified atom stereocenters. The number of phosphoric ester groups is 1. The van der Waals surface area contributed by atoms with Gasteiger partial charge in [0.05, 0.1) is 0 Å². The van der Waals surface area contributed by atoms with Crippen LogP contribution in [0, 0.1) is 0 Å². The van der Waals surface area contributed by atoms with E-state index in [4.69, 9.17) is 0 Å². The molecule has 0 atom stereocenters. The van der Waals surface area contributed by atoms with Crippen molar-refractivity contribution >= 4 is 19.4 Å². The number of hydrogen-bond donors (Lipinski definition) is 2. The smallest absolute Gasteiger partial charge is 0.354 e. The second-order valence-electron chi connectivity index (χ2n) is 10.5. The molecule has 36 heavy (non-hydrogen) atoms. The second kappa shape index (κ2) is 16.4. The molecular weight excluding hydrogens is 483 g/mol. The molecule has 3 aliphatic heterocycles. The molecule has 2 N–H and O–H groups in total. The predicted octanol–water partition coefficient (Wildman–Crippen LogP) is 7.25. The van der Waals surface area contributed by atoms with Crippen LogP contribution in [-0.2, 0) is 27.7 Å². The van der Waals surface area contributed by atoms with E-state index >= 15 is 0 Å². The maximum Gasteiger partial charge on any atom is 0.489 e. The Bertz CT molecular complexity index is 681. The van der Waals surface area contributed by atoms with Gasteiger partial charge < -0.3 is 10.2 Å². The zero-order valence-electron chi connectivity index (χ0n) is 22.3. The highest BCUT2D eigenvalue weighted by molar-refractivity contribution is 7.52. The van der Waals surface area contributed by atoms with Crippen LogP contribution in [0.1, 0.15) is 148 Å². The first-order chi connectivity index (χ1) is 17.3. The van der Waals surface area contributed by atoms with Crippen LogP contribution in [0.2, 0.25) is 0 Å². The summed E-state index contributed by atoms with van der Waals surface area (Å²) >= 11 is 0. The first kappa shape index (κ1) is 31.6. The minimum Gasteiger partial charge on any atom is -0.354 e. The molecule has 3 aliphatic rings. The van der Waals surface area contributed by atoms with Gasteiger partial charge in [0.1, 0.15) is 0 Å².